The van der Waals surface area contributed by atoms with E-state index in [-0.39, 0.29) is 11.5 Å². The molecular formula is C19H12N4O. The first-order chi connectivity index (χ1) is 11.7. The zero-order chi connectivity index (χ0) is 16.9. The van der Waals surface area contributed by atoms with E-state index in [9.17, 15) is 5.26 Å². The maximum atomic E-state index is 9.36. The van der Waals surface area contributed by atoms with Crippen LogP contribution in [0.2, 0.25) is 0 Å². The van der Waals surface area contributed by atoms with Crippen molar-refractivity contribution in [1.29, 1.82) is 10.5 Å². The summed E-state index contributed by atoms with van der Waals surface area (Å²) >= 11 is 0. The molecule has 0 aliphatic heterocycles. The van der Waals surface area contributed by atoms with Crippen LogP contribution in [0.4, 0.5) is 0 Å². The first kappa shape index (κ1) is 15.2. The first-order valence-electron chi connectivity index (χ1n) is 7.22. The molecule has 1 heterocycles. The third-order valence-corrected chi connectivity index (χ3v) is 3.44. The molecule has 0 amide bonds. The van der Waals surface area contributed by atoms with Gasteiger partial charge in [-0.2, -0.15) is 15.5 Å². The minimum atomic E-state index is 0.164. The van der Waals surface area contributed by atoms with Crippen LogP contribution in [0.1, 0.15) is 22.6 Å². The van der Waals surface area contributed by atoms with E-state index in [0.29, 0.717) is 11.4 Å². The highest BCUT2D eigenvalue weighted by atomic mass is 16.5. The second kappa shape index (κ2) is 6.60. The van der Waals surface area contributed by atoms with E-state index in [1.54, 1.807) is 30.3 Å². The second-order valence-corrected chi connectivity index (χ2v) is 5.19. The van der Waals surface area contributed by atoms with Gasteiger partial charge in [-0.3, -0.25) is 0 Å². The fraction of sp³-hybridized carbons (Fsp3) is 0.0526. The van der Waals surface area contributed by atoms with Gasteiger partial charge in [-0.1, -0.05) is 47.1 Å². The summed E-state index contributed by atoms with van der Waals surface area (Å²) in [6.45, 7) is 2.00. The largest absolute Gasteiger partial charge is 0.333 e. The van der Waals surface area contributed by atoms with Crippen molar-refractivity contribution in [3.63, 3.8) is 0 Å². The van der Waals surface area contributed by atoms with Crippen molar-refractivity contribution in [2.45, 2.75) is 6.92 Å². The maximum absolute atomic E-state index is 9.36. The van der Waals surface area contributed by atoms with E-state index >= 15 is 0 Å². The topological polar surface area (TPSA) is 86.5 Å². The summed E-state index contributed by atoms with van der Waals surface area (Å²) in [5, 5.41) is 22.1. The number of allylic oxidation sites excluding steroid dienone is 1. The Bertz CT molecular complexity index is 968. The van der Waals surface area contributed by atoms with Crippen molar-refractivity contribution in [2.24, 2.45) is 0 Å². The van der Waals surface area contributed by atoms with Crippen LogP contribution in [0.3, 0.4) is 0 Å². The molecular weight excluding hydrogens is 300 g/mol. The normalized spacial score (nSPS) is 10.9. The number of aromatic nitrogens is 2. The number of nitriles is 2. The van der Waals surface area contributed by atoms with Crippen molar-refractivity contribution < 1.29 is 4.52 Å². The summed E-state index contributed by atoms with van der Waals surface area (Å²) in [6.07, 6.45) is 1.65. The molecule has 0 spiro atoms. The molecule has 0 atom stereocenters. The zero-order valence-corrected chi connectivity index (χ0v) is 12.9. The molecule has 2 aromatic carbocycles. The monoisotopic (exact) mass is 312 g/mol. The highest BCUT2D eigenvalue weighted by Gasteiger charge is 2.12. The Morgan fingerprint density at radius 1 is 1.04 bits per heavy atom. The lowest BCUT2D eigenvalue weighted by atomic mass is 10.1. The van der Waals surface area contributed by atoms with Gasteiger partial charge in [0.2, 0.25) is 5.82 Å². The summed E-state index contributed by atoms with van der Waals surface area (Å²) in [6, 6.07) is 18.7. The molecule has 0 bridgehead atoms. The Labute approximate surface area is 139 Å². The van der Waals surface area contributed by atoms with E-state index < -0.39 is 0 Å². The number of benzene rings is 2. The van der Waals surface area contributed by atoms with Crippen molar-refractivity contribution in [3.05, 3.63) is 71.1 Å². The fourth-order valence-electron chi connectivity index (χ4n) is 2.12. The number of nitrogens with zero attached hydrogens (tertiary/aromatic N) is 4. The quantitative estimate of drug-likeness (QED) is 0.683. The predicted molar refractivity (Wildman–Crippen MR) is 89.1 cm³/mol. The summed E-state index contributed by atoms with van der Waals surface area (Å²) < 4.78 is 5.22. The Kier molecular flexibility index (Phi) is 4.18. The number of aryl methyl sites for hydroxylation is 1. The van der Waals surface area contributed by atoms with E-state index in [4.69, 9.17) is 9.78 Å². The average Bonchev–Trinajstić information content (AvgIpc) is 3.10. The van der Waals surface area contributed by atoms with E-state index in [1.807, 2.05) is 31.2 Å². The molecule has 114 valence electrons. The van der Waals surface area contributed by atoms with Gasteiger partial charge < -0.3 is 4.52 Å². The lowest BCUT2D eigenvalue weighted by Crippen LogP contribution is -1.84. The number of hydrogen-bond acceptors (Lipinski definition) is 5. The smallest absolute Gasteiger partial charge is 0.268 e. The highest BCUT2D eigenvalue weighted by molar-refractivity contribution is 5.86. The third kappa shape index (κ3) is 3.21. The lowest BCUT2D eigenvalue weighted by molar-refractivity contribution is 0.409. The molecule has 0 saturated carbocycles. The van der Waals surface area contributed by atoms with Crippen LogP contribution in [0.15, 0.2) is 53.1 Å². The van der Waals surface area contributed by atoms with Crippen LogP contribution in [-0.4, -0.2) is 10.1 Å². The second-order valence-electron chi connectivity index (χ2n) is 5.19. The fourth-order valence-corrected chi connectivity index (χ4v) is 2.12. The molecule has 0 saturated heterocycles. The SMILES string of the molecule is Cc1ccc(-c2noc(C(C#N)=Cc3ccc(C#N)cc3)n2)cc1. The molecule has 0 aliphatic rings. The summed E-state index contributed by atoms with van der Waals surface area (Å²) in [5.74, 6) is 0.600. The van der Waals surface area contributed by atoms with Gasteiger partial charge in [-0.25, -0.2) is 0 Å². The first-order valence-corrected chi connectivity index (χ1v) is 7.22. The maximum Gasteiger partial charge on any atom is 0.268 e. The molecule has 3 rings (SSSR count). The lowest BCUT2D eigenvalue weighted by Gasteiger charge is -1.95. The molecule has 0 N–H and O–H groups in total. The van der Waals surface area contributed by atoms with Crippen LogP contribution in [0, 0.1) is 29.6 Å². The molecule has 5 heteroatoms. The number of hydrogen-bond donors (Lipinski definition) is 0. The van der Waals surface area contributed by atoms with Gasteiger partial charge in [0.1, 0.15) is 11.6 Å². The summed E-state index contributed by atoms with van der Waals surface area (Å²) in [7, 11) is 0. The molecule has 24 heavy (non-hydrogen) atoms. The van der Waals surface area contributed by atoms with E-state index in [2.05, 4.69) is 22.3 Å². The molecule has 0 aliphatic carbocycles. The van der Waals surface area contributed by atoms with Gasteiger partial charge in [0, 0.05) is 5.56 Å². The predicted octanol–water partition coefficient (Wildman–Crippen LogP) is 3.98. The minimum Gasteiger partial charge on any atom is -0.333 e. The zero-order valence-electron chi connectivity index (χ0n) is 12.9. The van der Waals surface area contributed by atoms with Crippen LogP contribution >= 0.6 is 0 Å². The van der Waals surface area contributed by atoms with Gasteiger partial charge in [-0.05, 0) is 30.7 Å². The highest BCUT2D eigenvalue weighted by Crippen LogP contribution is 2.21. The summed E-state index contributed by atoms with van der Waals surface area (Å²) in [5.41, 5.74) is 3.57. The molecule has 5 nitrogen and oxygen atoms in total. The van der Waals surface area contributed by atoms with E-state index in [1.165, 1.54) is 0 Å². The Morgan fingerprint density at radius 3 is 2.38 bits per heavy atom. The minimum absolute atomic E-state index is 0.164. The standard InChI is InChI=1S/C19H12N4O/c1-13-2-8-16(9-3-13)18-22-19(24-23-18)17(12-21)10-14-4-6-15(11-20)7-5-14/h2-10H,1H3. The third-order valence-electron chi connectivity index (χ3n) is 3.44. The molecule has 0 unspecified atom stereocenters. The Balaban J connectivity index is 1.91. The molecule has 3 aromatic rings. The van der Waals surface area contributed by atoms with Crippen LogP contribution in [-0.2, 0) is 0 Å². The molecule has 0 radical (unpaired) electrons. The molecule has 0 fully saturated rings. The van der Waals surface area contributed by atoms with Crippen LogP contribution in [0.25, 0.3) is 23.0 Å². The Hall–Kier alpha value is -3.70. The van der Waals surface area contributed by atoms with Crippen molar-refractivity contribution in [2.75, 3.05) is 0 Å². The summed E-state index contributed by atoms with van der Waals surface area (Å²) in [4.78, 5) is 4.29. The van der Waals surface area contributed by atoms with Gasteiger partial charge >= 0.3 is 0 Å². The molecule has 1 aromatic heterocycles. The Morgan fingerprint density at radius 2 is 1.75 bits per heavy atom. The van der Waals surface area contributed by atoms with Gasteiger partial charge in [0.05, 0.1) is 11.6 Å². The van der Waals surface area contributed by atoms with Crippen LogP contribution < -0.4 is 0 Å². The van der Waals surface area contributed by atoms with Crippen LogP contribution in [0.5, 0.6) is 0 Å². The van der Waals surface area contributed by atoms with E-state index in [0.717, 1.165) is 16.7 Å². The van der Waals surface area contributed by atoms with Crippen molar-refractivity contribution >= 4 is 11.6 Å². The van der Waals surface area contributed by atoms with Gasteiger partial charge in [-0.15, -0.1) is 0 Å². The van der Waals surface area contributed by atoms with Gasteiger partial charge in [0.25, 0.3) is 5.89 Å². The number of rotatable bonds is 3. The average molecular weight is 312 g/mol. The van der Waals surface area contributed by atoms with Gasteiger partial charge in [0.15, 0.2) is 0 Å². The van der Waals surface area contributed by atoms with Crippen molar-refractivity contribution in [1.82, 2.24) is 10.1 Å². The van der Waals surface area contributed by atoms with Crippen molar-refractivity contribution in [3.8, 4) is 23.5 Å².